The topological polar surface area (TPSA) is 52.6 Å². The summed E-state index contributed by atoms with van der Waals surface area (Å²) in [5.41, 5.74) is -2.67. The number of alkyl halides is 6. The van der Waals surface area contributed by atoms with Crippen molar-refractivity contribution in [1.29, 1.82) is 0 Å². The molecule has 0 fully saturated rings. The van der Waals surface area contributed by atoms with Gasteiger partial charge in [-0.3, -0.25) is 0 Å². The van der Waals surface area contributed by atoms with Gasteiger partial charge in [-0.05, 0) is 24.3 Å². The molecule has 0 aromatic heterocycles. The minimum atomic E-state index is -4.87. The first kappa shape index (κ1) is 19.3. The van der Waals surface area contributed by atoms with Crippen LogP contribution >= 0.6 is 0 Å². The van der Waals surface area contributed by atoms with Gasteiger partial charge in [-0.2, -0.15) is 26.3 Å². The quantitative estimate of drug-likeness (QED) is 0.340. The zero-order valence-electron chi connectivity index (χ0n) is 12.5. The van der Waals surface area contributed by atoms with Gasteiger partial charge < -0.3 is 9.47 Å². The molecular weight excluding hydrogens is 370 g/mol. The van der Waals surface area contributed by atoms with Gasteiger partial charge in [0.1, 0.15) is 11.5 Å². The number of hydrogen-bond donors (Lipinski definition) is 0. The Kier molecular flexibility index (Phi) is 5.24. The molecule has 138 valence electrons. The third-order valence-corrected chi connectivity index (χ3v) is 2.96. The third-order valence-electron chi connectivity index (χ3n) is 2.96. The average Bonchev–Trinajstić information content (AvgIpc) is 2.53. The van der Waals surface area contributed by atoms with Crippen LogP contribution < -0.4 is 9.47 Å². The van der Waals surface area contributed by atoms with Crippen LogP contribution in [0.15, 0.2) is 48.5 Å². The molecule has 0 saturated heterocycles. The molecular formula is C16H8F6O4. The molecule has 0 unspecified atom stereocenters. The van der Waals surface area contributed by atoms with Crippen LogP contribution in [0.25, 0.3) is 0 Å². The van der Waals surface area contributed by atoms with Crippen molar-refractivity contribution in [3.63, 3.8) is 0 Å². The summed E-state index contributed by atoms with van der Waals surface area (Å²) < 4.78 is 85.4. The number of para-hydroxylation sites is 2. The van der Waals surface area contributed by atoms with Gasteiger partial charge in [0, 0.05) is 0 Å². The summed E-state index contributed by atoms with van der Waals surface area (Å²) in [5, 5.41) is 0. The van der Waals surface area contributed by atoms with Gasteiger partial charge in [0.25, 0.3) is 0 Å². The molecule has 0 bridgehead atoms. The normalized spacial score (nSPS) is 11.8. The standard InChI is InChI=1S/C16H8F6O4/c17-15(18,19)9-5-1-3-7-11(9)25-13(23)14(24)26-12-8-4-2-6-10(12)16(20,21)22/h1-8H. The summed E-state index contributed by atoms with van der Waals surface area (Å²) in [6, 6.07) is 7.04. The van der Waals surface area contributed by atoms with Gasteiger partial charge in [0.05, 0.1) is 11.1 Å². The van der Waals surface area contributed by atoms with Crippen molar-refractivity contribution in [1.82, 2.24) is 0 Å². The Morgan fingerprint density at radius 1 is 0.615 bits per heavy atom. The lowest BCUT2D eigenvalue weighted by Gasteiger charge is -2.13. The molecule has 0 amide bonds. The molecule has 2 aromatic rings. The fourth-order valence-electron chi connectivity index (χ4n) is 1.86. The van der Waals surface area contributed by atoms with E-state index in [9.17, 15) is 35.9 Å². The molecule has 0 aliphatic heterocycles. The molecule has 0 N–H and O–H groups in total. The van der Waals surface area contributed by atoms with E-state index >= 15 is 0 Å². The van der Waals surface area contributed by atoms with Gasteiger partial charge in [-0.15, -0.1) is 0 Å². The summed E-state index contributed by atoms with van der Waals surface area (Å²) in [4.78, 5) is 23.2. The maximum Gasteiger partial charge on any atom is 0.423 e. The molecule has 0 atom stereocenters. The number of carbonyl (C=O) groups excluding carboxylic acids is 2. The fourth-order valence-corrected chi connectivity index (χ4v) is 1.86. The van der Waals surface area contributed by atoms with E-state index in [-0.39, 0.29) is 0 Å². The van der Waals surface area contributed by atoms with Crippen LogP contribution in [0.1, 0.15) is 11.1 Å². The second kappa shape index (κ2) is 7.06. The Balaban J connectivity index is 2.20. The largest absolute Gasteiger partial charge is 0.423 e. The van der Waals surface area contributed by atoms with Gasteiger partial charge in [0.15, 0.2) is 0 Å². The summed E-state index contributed by atoms with van der Waals surface area (Å²) in [5.74, 6) is -5.77. The van der Waals surface area contributed by atoms with Gasteiger partial charge in [-0.1, -0.05) is 24.3 Å². The Morgan fingerprint density at radius 3 is 1.23 bits per heavy atom. The van der Waals surface area contributed by atoms with Crippen LogP contribution in [0, 0.1) is 0 Å². The minimum Gasteiger partial charge on any atom is -0.417 e. The zero-order chi connectivity index (χ0) is 19.5. The lowest BCUT2D eigenvalue weighted by Crippen LogP contribution is -2.27. The maximum absolute atomic E-state index is 12.8. The van der Waals surface area contributed by atoms with E-state index in [1.807, 2.05) is 0 Å². The number of esters is 2. The highest BCUT2D eigenvalue weighted by Gasteiger charge is 2.37. The average molecular weight is 378 g/mol. The number of ether oxygens (including phenoxy) is 2. The number of hydrogen-bond acceptors (Lipinski definition) is 4. The predicted octanol–water partition coefficient (Wildman–Crippen LogP) is 4.24. The van der Waals surface area contributed by atoms with E-state index < -0.39 is 46.9 Å². The summed E-state index contributed by atoms with van der Waals surface area (Å²) >= 11 is 0. The minimum absolute atomic E-state index is 0.604. The van der Waals surface area contributed by atoms with Gasteiger partial charge in [-0.25, -0.2) is 9.59 Å². The summed E-state index contributed by atoms with van der Waals surface area (Å²) in [6.45, 7) is 0. The van der Waals surface area contributed by atoms with E-state index in [4.69, 9.17) is 0 Å². The van der Waals surface area contributed by atoms with E-state index in [0.717, 1.165) is 36.4 Å². The highest BCUT2D eigenvalue weighted by Crippen LogP contribution is 2.37. The molecule has 0 radical (unpaired) electrons. The van der Waals surface area contributed by atoms with E-state index in [0.29, 0.717) is 12.1 Å². The molecule has 0 aliphatic carbocycles. The van der Waals surface area contributed by atoms with Crippen LogP contribution in [-0.2, 0) is 21.9 Å². The fraction of sp³-hybridized carbons (Fsp3) is 0.125. The molecule has 0 spiro atoms. The van der Waals surface area contributed by atoms with Crippen molar-refractivity contribution in [2.24, 2.45) is 0 Å². The zero-order valence-corrected chi connectivity index (χ0v) is 12.5. The lowest BCUT2D eigenvalue weighted by atomic mass is 10.2. The number of carbonyl (C=O) groups is 2. The Labute approximate surface area is 141 Å². The van der Waals surface area contributed by atoms with Crippen molar-refractivity contribution in [2.45, 2.75) is 12.4 Å². The predicted molar refractivity (Wildman–Crippen MR) is 74.2 cm³/mol. The molecule has 2 aromatic carbocycles. The van der Waals surface area contributed by atoms with Crippen LogP contribution in [0.3, 0.4) is 0 Å². The monoisotopic (exact) mass is 378 g/mol. The Morgan fingerprint density at radius 2 is 0.923 bits per heavy atom. The first-order chi connectivity index (χ1) is 12.0. The first-order valence-electron chi connectivity index (χ1n) is 6.76. The maximum atomic E-state index is 12.8. The number of benzene rings is 2. The van der Waals surface area contributed by atoms with Crippen molar-refractivity contribution in [3.05, 3.63) is 59.7 Å². The second-order valence-corrected chi connectivity index (χ2v) is 4.77. The highest BCUT2D eigenvalue weighted by atomic mass is 19.4. The summed E-state index contributed by atoms with van der Waals surface area (Å²) in [6.07, 6.45) is -9.74. The molecule has 10 heteroatoms. The molecule has 26 heavy (non-hydrogen) atoms. The molecule has 0 heterocycles. The van der Waals surface area contributed by atoms with Crippen LogP contribution in [-0.4, -0.2) is 11.9 Å². The number of halogens is 6. The molecule has 0 aliphatic rings. The van der Waals surface area contributed by atoms with E-state index in [1.165, 1.54) is 0 Å². The second-order valence-electron chi connectivity index (χ2n) is 4.77. The SMILES string of the molecule is O=C(Oc1ccccc1C(F)(F)F)C(=O)Oc1ccccc1C(F)(F)F. The van der Waals surface area contributed by atoms with E-state index in [2.05, 4.69) is 9.47 Å². The molecule has 0 saturated carbocycles. The van der Waals surface area contributed by atoms with E-state index in [1.54, 1.807) is 0 Å². The first-order valence-corrected chi connectivity index (χ1v) is 6.76. The number of rotatable bonds is 2. The third kappa shape index (κ3) is 4.52. The van der Waals surface area contributed by atoms with Crippen molar-refractivity contribution < 1.29 is 45.4 Å². The molecule has 2 rings (SSSR count). The lowest BCUT2D eigenvalue weighted by molar-refractivity contribution is -0.159. The van der Waals surface area contributed by atoms with Gasteiger partial charge >= 0.3 is 24.3 Å². The Hall–Kier alpha value is -3.04. The highest BCUT2D eigenvalue weighted by molar-refractivity contribution is 6.31. The van der Waals surface area contributed by atoms with Crippen LogP contribution in [0.2, 0.25) is 0 Å². The smallest absolute Gasteiger partial charge is 0.417 e. The van der Waals surface area contributed by atoms with Crippen molar-refractivity contribution >= 4 is 11.9 Å². The summed E-state index contributed by atoms with van der Waals surface area (Å²) in [7, 11) is 0. The Bertz CT molecular complexity index is 756. The van der Waals surface area contributed by atoms with Crippen molar-refractivity contribution in [3.8, 4) is 11.5 Å². The van der Waals surface area contributed by atoms with Crippen molar-refractivity contribution in [2.75, 3.05) is 0 Å². The van der Waals surface area contributed by atoms with Crippen LogP contribution in [0.5, 0.6) is 11.5 Å². The molecule has 4 nitrogen and oxygen atoms in total. The van der Waals surface area contributed by atoms with Crippen LogP contribution in [0.4, 0.5) is 26.3 Å². The van der Waals surface area contributed by atoms with Gasteiger partial charge in [0.2, 0.25) is 0 Å².